The monoisotopic (exact) mass is 508 g/mol. The van der Waals surface area contributed by atoms with Crippen molar-refractivity contribution in [2.75, 3.05) is 19.3 Å². The van der Waals surface area contributed by atoms with Crippen LogP contribution in [0.1, 0.15) is 58.9 Å². The lowest BCUT2D eigenvalue weighted by Gasteiger charge is -2.30. The van der Waals surface area contributed by atoms with Gasteiger partial charge in [0.15, 0.2) is 0 Å². The van der Waals surface area contributed by atoms with E-state index in [0.29, 0.717) is 36.7 Å². The summed E-state index contributed by atoms with van der Waals surface area (Å²) < 4.78 is 26.5. The van der Waals surface area contributed by atoms with Crippen molar-refractivity contribution < 1.29 is 13.6 Å². The highest BCUT2D eigenvalue weighted by molar-refractivity contribution is 7.88. The lowest BCUT2D eigenvalue weighted by Crippen LogP contribution is -2.37. The Morgan fingerprint density at radius 2 is 1.78 bits per heavy atom. The molecule has 0 aliphatic carbocycles. The quantitative estimate of drug-likeness (QED) is 0.298. The summed E-state index contributed by atoms with van der Waals surface area (Å²) in [5, 5.41) is 17.4. The number of aryl methyl sites for hydroxylation is 2. The Labute approximate surface area is 211 Å². The molecule has 1 fully saturated rings. The van der Waals surface area contributed by atoms with Gasteiger partial charge in [-0.1, -0.05) is 53.7 Å². The van der Waals surface area contributed by atoms with E-state index in [1.54, 1.807) is 17.4 Å². The zero-order chi connectivity index (χ0) is 25.9. The van der Waals surface area contributed by atoms with Crippen molar-refractivity contribution in [3.63, 3.8) is 0 Å². The van der Waals surface area contributed by atoms with Gasteiger partial charge in [0.2, 0.25) is 10.0 Å². The van der Waals surface area contributed by atoms with Crippen LogP contribution in [0.2, 0.25) is 0 Å². The van der Waals surface area contributed by atoms with Crippen LogP contribution in [0.4, 0.5) is 0 Å². The molecule has 1 aromatic heterocycles. The summed E-state index contributed by atoms with van der Waals surface area (Å²) in [4.78, 5) is 12.7. The van der Waals surface area contributed by atoms with Gasteiger partial charge in [0, 0.05) is 38.7 Å². The van der Waals surface area contributed by atoms with Crippen molar-refractivity contribution in [1.82, 2.24) is 14.1 Å². The van der Waals surface area contributed by atoms with Crippen LogP contribution in [0.15, 0.2) is 70.7 Å². The van der Waals surface area contributed by atoms with E-state index >= 15 is 0 Å². The highest BCUT2D eigenvalue weighted by Gasteiger charge is 2.26. The molecule has 0 bridgehead atoms. The van der Waals surface area contributed by atoms with E-state index in [1.807, 2.05) is 25.1 Å². The fraction of sp³-hybridized carbons (Fsp3) is 0.370. The van der Waals surface area contributed by atoms with Crippen molar-refractivity contribution in [2.45, 2.75) is 38.0 Å². The molecule has 0 radical (unpaired) electrons. The van der Waals surface area contributed by atoms with Crippen LogP contribution < -0.4 is 5.56 Å². The van der Waals surface area contributed by atoms with E-state index in [-0.39, 0.29) is 11.5 Å². The minimum atomic E-state index is -3.15. The van der Waals surface area contributed by atoms with Gasteiger partial charge in [0.25, 0.3) is 5.56 Å². The molecular weight excluding hydrogens is 476 g/mol. The number of hydrogen-bond donors (Lipinski definition) is 1. The molecule has 0 amide bonds. The molecule has 2 heterocycles. The molecule has 1 atom stereocenters. The molecule has 2 aromatic carbocycles. The number of rotatable bonds is 7. The maximum atomic E-state index is 12.7. The van der Waals surface area contributed by atoms with E-state index in [4.69, 9.17) is 0 Å². The van der Waals surface area contributed by atoms with Gasteiger partial charge in [0.1, 0.15) is 0 Å². The van der Waals surface area contributed by atoms with Crippen LogP contribution in [0.5, 0.6) is 0 Å². The van der Waals surface area contributed by atoms with E-state index in [0.717, 1.165) is 29.5 Å². The molecular formula is C27H32N4O4S. The Morgan fingerprint density at radius 3 is 2.39 bits per heavy atom. The molecule has 4 rings (SSSR count). The van der Waals surface area contributed by atoms with Crippen LogP contribution in [0, 0.1) is 6.92 Å². The third kappa shape index (κ3) is 5.57. The third-order valence-corrected chi connectivity index (χ3v) is 8.43. The number of nitrogens with zero attached hydrogens (tertiary/aromatic N) is 4. The summed E-state index contributed by atoms with van der Waals surface area (Å²) in [5.74, 6) is 0.180. The first-order chi connectivity index (χ1) is 17.2. The fourth-order valence-electron chi connectivity index (χ4n) is 5.03. The summed E-state index contributed by atoms with van der Waals surface area (Å²) in [5.41, 5.74) is 4.76. The van der Waals surface area contributed by atoms with E-state index < -0.39 is 10.0 Å². The van der Waals surface area contributed by atoms with Crippen molar-refractivity contribution in [3.05, 3.63) is 99.0 Å². The average Bonchev–Trinajstić information content (AvgIpc) is 2.87. The van der Waals surface area contributed by atoms with Gasteiger partial charge in [-0.3, -0.25) is 4.79 Å². The maximum absolute atomic E-state index is 12.7. The number of hydrogen-bond acceptors (Lipinski definition) is 6. The summed E-state index contributed by atoms with van der Waals surface area (Å²) >= 11 is 0. The number of sulfonamides is 1. The normalized spacial score (nSPS) is 16.7. The zero-order valence-corrected chi connectivity index (χ0v) is 21.6. The number of oxime groups is 1. The average molecular weight is 509 g/mol. The van der Waals surface area contributed by atoms with Crippen molar-refractivity contribution >= 4 is 15.7 Å². The Balaban J connectivity index is 1.63. The van der Waals surface area contributed by atoms with Crippen LogP contribution in [0.25, 0.3) is 0 Å². The number of piperidine rings is 1. The molecule has 1 N–H and O–H groups in total. The van der Waals surface area contributed by atoms with Gasteiger partial charge in [-0.05, 0) is 54.0 Å². The topological polar surface area (TPSA) is 105 Å². The summed E-state index contributed by atoms with van der Waals surface area (Å²) in [7, 11) is -1.58. The second-order valence-corrected chi connectivity index (χ2v) is 11.4. The molecule has 3 aromatic rings. The van der Waals surface area contributed by atoms with Crippen LogP contribution in [0.3, 0.4) is 0 Å². The predicted octanol–water partition coefficient (Wildman–Crippen LogP) is 3.63. The SMILES string of the molecule is Cc1ccccc1C(CC(=NO)c1ccnn(C)c1=O)c1ccc(C2CCN(S(C)(=O)=O)CC2)cc1. The largest absolute Gasteiger partial charge is 0.411 e. The second-order valence-electron chi connectivity index (χ2n) is 9.44. The molecule has 1 saturated heterocycles. The number of benzene rings is 2. The van der Waals surface area contributed by atoms with Gasteiger partial charge in [-0.2, -0.15) is 5.10 Å². The molecule has 1 aliphatic rings. The Morgan fingerprint density at radius 1 is 1.11 bits per heavy atom. The fourth-order valence-corrected chi connectivity index (χ4v) is 5.90. The van der Waals surface area contributed by atoms with Crippen molar-refractivity contribution in [1.29, 1.82) is 0 Å². The predicted molar refractivity (Wildman–Crippen MR) is 140 cm³/mol. The highest BCUT2D eigenvalue weighted by atomic mass is 32.2. The van der Waals surface area contributed by atoms with E-state index in [2.05, 4.69) is 40.6 Å². The Hall–Kier alpha value is -3.30. The number of aromatic nitrogens is 2. The van der Waals surface area contributed by atoms with Gasteiger partial charge in [-0.25, -0.2) is 17.4 Å². The molecule has 0 saturated carbocycles. The van der Waals surface area contributed by atoms with Gasteiger partial charge in [0.05, 0.1) is 17.5 Å². The molecule has 36 heavy (non-hydrogen) atoms. The van der Waals surface area contributed by atoms with Gasteiger partial charge in [-0.15, -0.1) is 0 Å². The summed E-state index contributed by atoms with van der Waals surface area (Å²) in [6.45, 7) is 3.12. The van der Waals surface area contributed by atoms with Crippen molar-refractivity contribution in [3.8, 4) is 0 Å². The van der Waals surface area contributed by atoms with Crippen LogP contribution >= 0.6 is 0 Å². The molecule has 8 nitrogen and oxygen atoms in total. The molecule has 9 heteroatoms. The van der Waals surface area contributed by atoms with Gasteiger partial charge >= 0.3 is 0 Å². The zero-order valence-electron chi connectivity index (χ0n) is 20.8. The molecule has 190 valence electrons. The minimum Gasteiger partial charge on any atom is -0.411 e. The summed E-state index contributed by atoms with van der Waals surface area (Å²) in [6.07, 6.45) is 4.71. The van der Waals surface area contributed by atoms with Gasteiger partial charge < -0.3 is 5.21 Å². The first kappa shape index (κ1) is 25.8. The summed E-state index contributed by atoms with van der Waals surface area (Å²) in [6, 6.07) is 18.1. The van der Waals surface area contributed by atoms with E-state index in [1.165, 1.54) is 22.7 Å². The lowest BCUT2D eigenvalue weighted by atomic mass is 9.82. The maximum Gasteiger partial charge on any atom is 0.275 e. The standard InChI is InChI=1S/C27H32N4O4S/c1-19-6-4-5-7-23(19)25(18-26(29-33)24-12-15-28-30(2)27(24)32)22-10-8-20(9-11-22)21-13-16-31(17-14-21)36(3,34)35/h4-12,15,21,25,33H,13-14,16-18H2,1-3H3. The Bertz CT molecular complexity index is 1410. The highest BCUT2D eigenvalue weighted by Crippen LogP contribution is 2.34. The minimum absolute atomic E-state index is 0.129. The first-order valence-corrected chi connectivity index (χ1v) is 13.9. The smallest absolute Gasteiger partial charge is 0.275 e. The molecule has 1 unspecified atom stereocenters. The molecule has 1 aliphatic heterocycles. The Kier molecular flexibility index (Phi) is 7.70. The third-order valence-electron chi connectivity index (χ3n) is 7.13. The van der Waals surface area contributed by atoms with E-state index in [9.17, 15) is 18.4 Å². The lowest BCUT2D eigenvalue weighted by molar-refractivity contribution is 0.317. The van der Waals surface area contributed by atoms with Crippen LogP contribution in [-0.4, -0.2) is 52.8 Å². The second kappa shape index (κ2) is 10.8. The molecule has 0 spiro atoms. The van der Waals surface area contributed by atoms with Crippen molar-refractivity contribution in [2.24, 2.45) is 12.2 Å². The first-order valence-electron chi connectivity index (χ1n) is 12.0. The van der Waals surface area contributed by atoms with Crippen LogP contribution in [-0.2, 0) is 17.1 Å².